The van der Waals surface area contributed by atoms with Crippen LogP contribution in [0.1, 0.15) is 40.0 Å². The minimum Gasteiger partial charge on any atom is -0.481 e. The van der Waals surface area contributed by atoms with Gasteiger partial charge in [-0.15, -0.1) is 0 Å². The molecule has 82 valence electrons. The number of rotatable bonds is 6. The summed E-state index contributed by atoms with van der Waals surface area (Å²) in [5, 5.41) is 8.71. The van der Waals surface area contributed by atoms with Gasteiger partial charge in [0.25, 0.3) is 0 Å². The van der Waals surface area contributed by atoms with Crippen LogP contribution in [0, 0.1) is 11.3 Å². The molecule has 0 aromatic rings. The van der Waals surface area contributed by atoms with Gasteiger partial charge < -0.3 is 9.84 Å². The maximum atomic E-state index is 10.6. The highest BCUT2D eigenvalue weighted by Gasteiger charge is 2.45. The number of carbonyl (C=O) groups is 1. The van der Waals surface area contributed by atoms with Crippen molar-refractivity contribution in [3.63, 3.8) is 0 Å². The molecule has 1 atom stereocenters. The van der Waals surface area contributed by atoms with Gasteiger partial charge in [0.05, 0.1) is 19.1 Å². The first kappa shape index (κ1) is 11.5. The minimum atomic E-state index is -0.705. The summed E-state index contributed by atoms with van der Waals surface area (Å²) in [5.41, 5.74) is -0.0328. The quantitative estimate of drug-likeness (QED) is 0.715. The molecule has 14 heavy (non-hydrogen) atoms. The monoisotopic (exact) mass is 200 g/mol. The van der Waals surface area contributed by atoms with Gasteiger partial charge in [-0.2, -0.15) is 0 Å². The Bertz CT molecular complexity index is 207. The van der Waals surface area contributed by atoms with E-state index in [1.165, 1.54) is 0 Å². The van der Waals surface area contributed by atoms with Crippen LogP contribution in [0.4, 0.5) is 0 Å². The van der Waals surface area contributed by atoms with E-state index in [4.69, 9.17) is 9.84 Å². The SMILES string of the molecule is CC(C)C(C)OCC1(CC(=O)O)CC1. The molecule has 0 aromatic heterocycles. The molecular weight excluding hydrogens is 180 g/mol. The molecule has 0 spiro atoms. The molecule has 0 radical (unpaired) electrons. The zero-order valence-corrected chi connectivity index (χ0v) is 9.25. The molecule has 0 aliphatic heterocycles. The number of carboxylic acid groups (broad SMARTS) is 1. The molecular formula is C11H20O3. The summed E-state index contributed by atoms with van der Waals surface area (Å²) in [5.74, 6) is -0.209. The van der Waals surface area contributed by atoms with E-state index < -0.39 is 5.97 Å². The zero-order chi connectivity index (χ0) is 10.8. The highest BCUT2D eigenvalue weighted by atomic mass is 16.5. The van der Waals surface area contributed by atoms with E-state index in [-0.39, 0.29) is 17.9 Å². The summed E-state index contributed by atoms with van der Waals surface area (Å²) in [7, 11) is 0. The summed E-state index contributed by atoms with van der Waals surface area (Å²) in [6.07, 6.45) is 2.49. The fourth-order valence-electron chi connectivity index (χ4n) is 1.37. The minimum absolute atomic E-state index is 0.0328. The van der Waals surface area contributed by atoms with Crippen LogP contribution in [0.3, 0.4) is 0 Å². The Hall–Kier alpha value is -0.570. The van der Waals surface area contributed by atoms with Crippen molar-refractivity contribution in [2.45, 2.75) is 46.1 Å². The molecule has 0 aromatic carbocycles. The molecule has 3 heteroatoms. The van der Waals surface area contributed by atoms with Crippen molar-refractivity contribution < 1.29 is 14.6 Å². The van der Waals surface area contributed by atoms with Gasteiger partial charge in [0.1, 0.15) is 0 Å². The molecule has 1 unspecified atom stereocenters. The van der Waals surface area contributed by atoms with Crippen molar-refractivity contribution in [3.05, 3.63) is 0 Å². The second-order valence-corrected chi connectivity index (χ2v) is 4.83. The number of aliphatic carboxylic acids is 1. The Morgan fingerprint density at radius 2 is 2.00 bits per heavy atom. The van der Waals surface area contributed by atoms with Gasteiger partial charge >= 0.3 is 5.97 Å². The highest BCUT2D eigenvalue weighted by molar-refractivity contribution is 5.68. The summed E-state index contributed by atoms with van der Waals surface area (Å²) in [4.78, 5) is 10.6. The van der Waals surface area contributed by atoms with Crippen LogP contribution < -0.4 is 0 Å². The van der Waals surface area contributed by atoms with Gasteiger partial charge in [0.15, 0.2) is 0 Å². The molecule has 1 saturated carbocycles. The third-order valence-corrected chi connectivity index (χ3v) is 3.07. The summed E-state index contributed by atoms with van der Waals surface area (Å²) in [6.45, 7) is 6.88. The fraction of sp³-hybridized carbons (Fsp3) is 0.909. The van der Waals surface area contributed by atoms with E-state index in [1.54, 1.807) is 0 Å². The van der Waals surface area contributed by atoms with Crippen LogP contribution in [-0.4, -0.2) is 23.8 Å². The second-order valence-electron chi connectivity index (χ2n) is 4.83. The standard InChI is InChI=1S/C11H20O3/c1-8(2)9(3)14-7-11(4-5-11)6-10(12)13/h8-9H,4-7H2,1-3H3,(H,12,13). The van der Waals surface area contributed by atoms with Crippen molar-refractivity contribution in [2.75, 3.05) is 6.61 Å². The number of hydrogen-bond donors (Lipinski definition) is 1. The molecule has 1 aliphatic carbocycles. The number of carboxylic acids is 1. The van der Waals surface area contributed by atoms with E-state index >= 15 is 0 Å². The van der Waals surface area contributed by atoms with Gasteiger partial charge in [-0.05, 0) is 25.7 Å². The van der Waals surface area contributed by atoms with Crippen LogP contribution in [0.2, 0.25) is 0 Å². The van der Waals surface area contributed by atoms with Crippen molar-refractivity contribution in [2.24, 2.45) is 11.3 Å². The largest absolute Gasteiger partial charge is 0.481 e. The summed E-state index contributed by atoms with van der Waals surface area (Å²) in [6, 6.07) is 0. The van der Waals surface area contributed by atoms with Gasteiger partial charge in [-0.1, -0.05) is 13.8 Å². The summed E-state index contributed by atoms with van der Waals surface area (Å²) >= 11 is 0. The van der Waals surface area contributed by atoms with Gasteiger partial charge in [0.2, 0.25) is 0 Å². The molecule has 3 nitrogen and oxygen atoms in total. The van der Waals surface area contributed by atoms with E-state index in [9.17, 15) is 4.79 Å². The van der Waals surface area contributed by atoms with Crippen LogP contribution in [0.15, 0.2) is 0 Å². The molecule has 1 aliphatic rings. The molecule has 1 N–H and O–H groups in total. The Kier molecular flexibility index (Phi) is 3.53. The Labute approximate surface area is 85.5 Å². The van der Waals surface area contributed by atoms with Crippen molar-refractivity contribution in [1.29, 1.82) is 0 Å². The van der Waals surface area contributed by atoms with E-state index in [0.717, 1.165) is 12.8 Å². The predicted octanol–water partition coefficient (Wildman–Crippen LogP) is 2.30. The Morgan fingerprint density at radius 1 is 1.43 bits per heavy atom. The zero-order valence-electron chi connectivity index (χ0n) is 9.25. The Morgan fingerprint density at radius 3 is 2.36 bits per heavy atom. The molecule has 0 bridgehead atoms. The third-order valence-electron chi connectivity index (χ3n) is 3.07. The lowest BCUT2D eigenvalue weighted by Crippen LogP contribution is -2.22. The van der Waals surface area contributed by atoms with Gasteiger partial charge in [-0.3, -0.25) is 4.79 Å². The first-order chi connectivity index (χ1) is 6.45. The molecule has 0 amide bonds. The fourth-order valence-corrected chi connectivity index (χ4v) is 1.37. The lowest BCUT2D eigenvalue weighted by atomic mass is 10.0. The highest BCUT2D eigenvalue weighted by Crippen LogP contribution is 2.49. The molecule has 1 fully saturated rings. The predicted molar refractivity (Wildman–Crippen MR) is 54.2 cm³/mol. The van der Waals surface area contributed by atoms with Crippen LogP contribution >= 0.6 is 0 Å². The van der Waals surface area contributed by atoms with E-state index in [1.807, 2.05) is 6.92 Å². The lowest BCUT2D eigenvalue weighted by molar-refractivity contribution is -0.139. The van der Waals surface area contributed by atoms with Crippen LogP contribution in [0.5, 0.6) is 0 Å². The Balaban J connectivity index is 2.27. The molecule has 0 heterocycles. The third kappa shape index (κ3) is 3.29. The van der Waals surface area contributed by atoms with Crippen LogP contribution in [-0.2, 0) is 9.53 Å². The van der Waals surface area contributed by atoms with E-state index in [2.05, 4.69) is 13.8 Å². The topological polar surface area (TPSA) is 46.5 Å². The normalized spacial score (nSPS) is 20.9. The molecule has 0 saturated heterocycles. The van der Waals surface area contributed by atoms with E-state index in [0.29, 0.717) is 12.5 Å². The number of hydrogen-bond acceptors (Lipinski definition) is 2. The van der Waals surface area contributed by atoms with Crippen molar-refractivity contribution in [1.82, 2.24) is 0 Å². The average Bonchev–Trinajstić information content (AvgIpc) is 2.80. The van der Waals surface area contributed by atoms with Gasteiger partial charge in [-0.25, -0.2) is 0 Å². The van der Waals surface area contributed by atoms with Crippen molar-refractivity contribution in [3.8, 4) is 0 Å². The first-order valence-electron chi connectivity index (χ1n) is 5.29. The maximum Gasteiger partial charge on any atom is 0.303 e. The second kappa shape index (κ2) is 4.30. The first-order valence-corrected chi connectivity index (χ1v) is 5.29. The number of ether oxygens (including phenoxy) is 1. The lowest BCUT2D eigenvalue weighted by Gasteiger charge is -2.20. The van der Waals surface area contributed by atoms with Crippen LogP contribution in [0.25, 0.3) is 0 Å². The maximum absolute atomic E-state index is 10.6. The van der Waals surface area contributed by atoms with Gasteiger partial charge in [0, 0.05) is 5.41 Å². The molecule has 1 rings (SSSR count). The summed E-state index contributed by atoms with van der Waals surface area (Å²) < 4.78 is 5.67. The average molecular weight is 200 g/mol. The smallest absolute Gasteiger partial charge is 0.303 e. The van der Waals surface area contributed by atoms with Crippen molar-refractivity contribution >= 4 is 5.97 Å².